The normalized spacial score (nSPS) is 32.5. The van der Waals surface area contributed by atoms with Gasteiger partial charge < -0.3 is 29.7 Å². The molecular formula is C20H30N2O6. The largest absolute Gasteiger partial charge is 0.388 e. The van der Waals surface area contributed by atoms with Crippen molar-refractivity contribution in [3.63, 3.8) is 0 Å². The Bertz CT molecular complexity index is 645. The molecular weight excluding hydrogens is 364 g/mol. The van der Waals surface area contributed by atoms with Gasteiger partial charge in [-0.1, -0.05) is 30.3 Å². The summed E-state index contributed by atoms with van der Waals surface area (Å²) in [5, 5.41) is 27.0. The van der Waals surface area contributed by atoms with Crippen LogP contribution in [0.5, 0.6) is 0 Å². The number of amides is 1. The molecule has 2 aliphatic rings. The summed E-state index contributed by atoms with van der Waals surface area (Å²) in [7, 11) is 0. The number of fused-ring (bicyclic) bond motifs is 2. The summed E-state index contributed by atoms with van der Waals surface area (Å²) >= 11 is 0. The van der Waals surface area contributed by atoms with Crippen LogP contribution in [0, 0.1) is 0 Å². The molecule has 1 aromatic carbocycles. The fourth-order valence-corrected chi connectivity index (χ4v) is 3.71. The number of aliphatic hydroxyl groups excluding tert-OH is 2. The highest BCUT2D eigenvalue weighted by molar-refractivity contribution is 5.73. The third-order valence-electron chi connectivity index (χ3n) is 5.12. The predicted molar refractivity (Wildman–Crippen MR) is 101 cm³/mol. The van der Waals surface area contributed by atoms with Gasteiger partial charge in [0.2, 0.25) is 5.91 Å². The zero-order chi connectivity index (χ0) is 20.3. The van der Waals surface area contributed by atoms with Gasteiger partial charge in [0.25, 0.3) is 0 Å². The molecule has 0 spiro atoms. The number of rotatable bonds is 8. The van der Waals surface area contributed by atoms with E-state index in [0.29, 0.717) is 0 Å². The van der Waals surface area contributed by atoms with Crippen LogP contribution in [0.2, 0.25) is 0 Å². The number of ether oxygens (including phenoxy) is 3. The second kappa shape index (κ2) is 9.30. The molecule has 2 aliphatic heterocycles. The van der Waals surface area contributed by atoms with Crippen molar-refractivity contribution < 1.29 is 29.2 Å². The van der Waals surface area contributed by atoms with Gasteiger partial charge in [0.15, 0.2) is 6.29 Å². The molecule has 3 rings (SSSR count). The van der Waals surface area contributed by atoms with E-state index in [4.69, 9.17) is 14.2 Å². The number of aliphatic hydroxyl groups is 2. The number of benzene rings is 1. The van der Waals surface area contributed by atoms with E-state index < -0.39 is 43.0 Å². The van der Waals surface area contributed by atoms with E-state index in [2.05, 4.69) is 10.6 Å². The van der Waals surface area contributed by atoms with Crippen LogP contribution in [0.3, 0.4) is 0 Å². The molecule has 0 radical (unpaired) electrons. The van der Waals surface area contributed by atoms with E-state index >= 15 is 0 Å². The highest BCUT2D eigenvalue weighted by Crippen LogP contribution is 2.30. The fraction of sp³-hybridized carbons (Fsp3) is 0.650. The molecule has 1 unspecified atom stereocenters. The molecule has 4 N–H and O–H groups in total. The Morgan fingerprint density at radius 1 is 1.32 bits per heavy atom. The lowest BCUT2D eigenvalue weighted by atomic mass is 9.98. The lowest BCUT2D eigenvalue weighted by molar-refractivity contribution is -0.219. The number of hydrogen-bond acceptors (Lipinski definition) is 7. The molecule has 2 fully saturated rings. The van der Waals surface area contributed by atoms with Crippen LogP contribution in [0.1, 0.15) is 26.3 Å². The second-order valence-electron chi connectivity index (χ2n) is 7.60. The van der Waals surface area contributed by atoms with Crippen molar-refractivity contribution in [2.45, 2.75) is 76.2 Å². The monoisotopic (exact) mass is 394 g/mol. The first-order chi connectivity index (χ1) is 13.3. The van der Waals surface area contributed by atoms with Gasteiger partial charge in [-0.2, -0.15) is 0 Å². The van der Waals surface area contributed by atoms with E-state index in [-0.39, 0.29) is 18.6 Å². The summed E-state index contributed by atoms with van der Waals surface area (Å²) in [4.78, 5) is 11.6. The first kappa shape index (κ1) is 21.2. The smallest absolute Gasteiger partial charge is 0.217 e. The Kier molecular flexibility index (Phi) is 7.03. The van der Waals surface area contributed by atoms with Crippen molar-refractivity contribution in [2.75, 3.05) is 6.61 Å². The maximum Gasteiger partial charge on any atom is 0.217 e. The standard InChI is InChI=1S/C20H30N2O6/c1-11(9-14-7-5-4-6-8-14)21-19(25)12(2)27-18-16(22-13(3)23)20-26-10-15(28-20)17(18)24/h4-8,11-12,15-21,24-25H,9-10H2,1-3H3,(H,22,23)/t11-,12-,15-,16-,17-,18-,19?,20-/m1/s1. The number of nitrogens with one attached hydrogen (secondary N) is 2. The topological polar surface area (TPSA) is 109 Å². The molecule has 0 aromatic heterocycles. The van der Waals surface area contributed by atoms with Gasteiger partial charge in [0, 0.05) is 13.0 Å². The molecule has 2 heterocycles. The van der Waals surface area contributed by atoms with Crippen molar-refractivity contribution in [2.24, 2.45) is 0 Å². The van der Waals surface area contributed by atoms with E-state index in [1.54, 1.807) is 6.92 Å². The van der Waals surface area contributed by atoms with Gasteiger partial charge >= 0.3 is 0 Å². The summed E-state index contributed by atoms with van der Waals surface area (Å²) in [6.45, 7) is 5.34. The molecule has 28 heavy (non-hydrogen) atoms. The van der Waals surface area contributed by atoms with Gasteiger partial charge in [-0.3, -0.25) is 10.1 Å². The third-order valence-corrected chi connectivity index (χ3v) is 5.12. The van der Waals surface area contributed by atoms with E-state index in [9.17, 15) is 15.0 Å². The predicted octanol–water partition coefficient (Wildman–Crippen LogP) is -0.0800. The molecule has 0 aliphatic carbocycles. The minimum absolute atomic E-state index is 0.0220. The third kappa shape index (κ3) is 5.08. The van der Waals surface area contributed by atoms with Crippen molar-refractivity contribution in [3.05, 3.63) is 35.9 Å². The first-order valence-electron chi connectivity index (χ1n) is 9.71. The Balaban J connectivity index is 1.58. The average molecular weight is 394 g/mol. The van der Waals surface area contributed by atoms with Crippen molar-refractivity contribution in [1.29, 1.82) is 0 Å². The molecule has 1 aromatic rings. The molecule has 1 amide bonds. The van der Waals surface area contributed by atoms with Gasteiger partial charge in [-0.25, -0.2) is 0 Å². The van der Waals surface area contributed by atoms with Crippen molar-refractivity contribution in [1.82, 2.24) is 10.6 Å². The van der Waals surface area contributed by atoms with Crippen molar-refractivity contribution >= 4 is 5.91 Å². The molecule has 8 nitrogen and oxygen atoms in total. The Labute approximate surface area is 165 Å². The minimum atomic E-state index is -0.966. The Morgan fingerprint density at radius 3 is 2.71 bits per heavy atom. The Morgan fingerprint density at radius 2 is 2.04 bits per heavy atom. The van der Waals surface area contributed by atoms with Gasteiger partial charge in [-0.15, -0.1) is 0 Å². The summed E-state index contributed by atoms with van der Waals surface area (Å²) in [5.74, 6) is -0.272. The van der Waals surface area contributed by atoms with Gasteiger partial charge in [0.1, 0.15) is 30.6 Å². The average Bonchev–Trinajstić information content (AvgIpc) is 3.09. The van der Waals surface area contributed by atoms with E-state index in [0.717, 1.165) is 6.42 Å². The molecule has 8 heteroatoms. The molecule has 8 atom stereocenters. The number of carbonyl (C=O) groups is 1. The zero-order valence-electron chi connectivity index (χ0n) is 16.4. The lowest BCUT2D eigenvalue weighted by Gasteiger charge is -2.40. The zero-order valence-corrected chi connectivity index (χ0v) is 16.4. The second-order valence-corrected chi connectivity index (χ2v) is 7.60. The van der Waals surface area contributed by atoms with Crippen LogP contribution in [-0.2, 0) is 25.4 Å². The molecule has 2 saturated heterocycles. The van der Waals surface area contributed by atoms with Crippen LogP contribution < -0.4 is 10.6 Å². The van der Waals surface area contributed by atoms with Gasteiger partial charge in [0.05, 0.1) is 12.7 Å². The summed E-state index contributed by atoms with van der Waals surface area (Å²) < 4.78 is 17.1. The van der Waals surface area contributed by atoms with Gasteiger partial charge in [-0.05, 0) is 25.8 Å². The maximum absolute atomic E-state index is 11.6. The highest BCUT2D eigenvalue weighted by atomic mass is 16.7. The first-order valence-corrected chi connectivity index (χ1v) is 9.71. The van der Waals surface area contributed by atoms with Crippen LogP contribution >= 0.6 is 0 Å². The Hall–Kier alpha value is -1.55. The van der Waals surface area contributed by atoms with Crippen LogP contribution in [0.4, 0.5) is 0 Å². The SMILES string of the molecule is CC(=O)N[C@H]1[C@@H]2OC[C@@H](O2)[C@@H](O)[C@@H]1O[C@H](C)C(O)N[C@H](C)Cc1ccccc1. The highest BCUT2D eigenvalue weighted by Gasteiger charge is 2.51. The molecule has 0 saturated carbocycles. The lowest BCUT2D eigenvalue weighted by Crippen LogP contribution is -2.62. The maximum atomic E-state index is 11.6. The minimum Gasteiger partial charge on any atom is -0.388 e. The van der Waals surface area contributed by atoms with Crippen LogP contribution in [-0.4, -0.2) is 71.7 Å². The molecule has 2 bridgehead atoms. The molecule has 156 valence electrons. The summed E-state index contributed by atoms with van der Waals surface area (Å²) in [5.41, 5.74) is 1.17. The number of carbonyl (C=O) groups excluding carboxylic acids is 1. The summed E-state index contributed by atoms with van der Waals surface area (Å²) in [6.07, 6.45) is -3.68. The van der Waals surface area contributed by atoms with Crippen LogP contribution in [0.15, 0.2) is 30.3 Å². The number of hydrogen-bond donors (Lipinski definition) is 4. The van der Waals surface area contributed by atoms with E-state index in [1.807, 2.05) is 37.3 Å². The fourth-order valence-electron chi connectivity index (χ4n) is 3.71. The van der Waals surface area contributed by atoms with Crippen LogP contribution in [0.25, 0.3) is 0 Å². The van der Waals surface area contributed by atoms with E-state index in [1.165, 1.54) is 12.5 Å². The van der Waals surface area contributed by atoms with Crippen molar-refractivity contribution in [3.8, 4) is 0 Å². The summed E-state index contributed by atoms with van der Waals surface area (Å²) in [6, 6.07) is 9.38. The quantitative estimate of drug-likeness (QED) is 0.457.